The second-order valence-corrected chi connectivity index (χ2v) is 19.0. The van der Waals surface area contributed by atoms with Crippen LogP contribution in [0.1, 0.15) is 41.0 Å². The average Bonchev–Trinajstić information content (AvgIpc) is 3.82. The molecule has 3 amide bonds. The van der Waals surface area contributed by atoms with Gasteiger partial charge in [0.2, 0.25) is 0 Å². The number of phosphoric acid groups is 2. The Labute approximate surface area is 376 Å². The Morgan fingerprint density at radius 3 is 1.70 bits per heavy atom. The highest BCUT2D eigenvalue weighted by Crippen LogP contribution is 2.51. The average molecular weight is 957 g/mol. The lowest BCUT2D eigenvalue weighted by Crippen LogP contribution is -2.28. The molecule has 2 aliphatic rings. The van der Waals surface area contributed by atoms with Crippen LogP contribution in [0.3, 0.4) is 0 Å². The van der Waals surface area contributed by atoms with Gasteiger partial charge in [-0.1, -0.05) is 67.6 Å². The zero-order chi connectivity index (χ0) is 45.2. The number of anilines is 3. The molecule has 5 aromatic rings. The number of rotatable bonds is 14. The van der Waals surface area contributed by atoms with Gasteiger partial charge in [-0.05, 0) is 57.5 Å². The van der Waals surface area contributed by atoms with Crippen LogP contribution in [-0.4, -0.2) is 80.4 Å². The van der Waals surface area contributed by atoms with Gasteiger partial charge in [-0.3, -0.25) is 34.5 Å². The van der Waals surface area contributed by atoms with Crippen LogP contribution in [0.4, 0.5) is 21.9 Å². The summed E-state index contributed by atoms with van der Waals surface area (Å²) >= 11 is 14.3. The second kappa shape index (κ2) is 19.1. The molecular formula is C43H41Cl2N3O12P2S. The van der Waals surface area contributed by atoms with Gasteiger partial charge in [0.1, 0.15) is 18.1 Å². The van der Waals surface area contributed by atoms with Crippen molar-refractivity contribution < 1.29 is 56.9 Å². The minimum Gasteiger partial charge on any atom is -0.448 e. The smallest absolute Gasteiger partial charge is 0.448 e. The van der Waals surface area contributed by atoms with E-state index in [0.29, 0.717) is 44.0 Å². The number of hydrogen-bond donors (Lipinski definition) is 5. The SMILES string of the molecule is CSC(C)COC(=O)Nc1cc(/C=C/C(=O)N2C[C@@H](CCl)c3c2cc(OP(=O)(O)O)c2ccccc32)ccc1/C=C/C(=O)N1C[C@@H](CCl)c2c1cc(OP(=O)(O)O)c1ccccc21. The molecule has 1 unspecified atom stereocenters. The molecule has 2 aliphatic heterocycles. The fourth-order valence-electron chi connectivity index (χ4n) is 7.75. The number of nitrogens with zero attached hydrogens (tertiary/aromatic N) is 2. The van der Waals surface area contributed by atoms with Gasteiger partial charge in [0.15, 0.2) is 0 Å². The molecule has 63 heavy (non-hydrogen) atoms. The van der Waals surface area contributed by atoms with E-state index in [2.05, 4.69) is 5.32 Å². The molecule has 0 aromatic heterocycles. The number of ether oxygens (including phenoxy) is 1. The topological polar surface area (TPSA) is 212 Å². The molecule has 0 aliphatic carbocycles. The van der Waals surface area contributed by atoms with Crippen LogP contribution in [0.15, 0.2) is 91.0 Å². The maximum Gasteiger partial charge on any atom is 0.524 e. The fourth-order valence-corrected chi connectivity index (χ4v) is 9.27. The quantitative estimate of drug-likeness (QED) is 0.0400. The number of hydrogen-bond acceptors (Lipinski definition) is 9. The third kappa shape index (κ3) is 10.4. The molecule has 5 N–H and O–H groups in total. The van der Waals surface area contributed by atoms with Crippen LogP contribution in [0.25, 0.3) is 33.7 Å². The summed E-state index contributed by atoms with van der Waals surface area (Å²) < 4.78 is 39.4. The second-order valence-electron chi connectivity index (χ2n) is 14.8. The summed E-state index contributed by atoms with van der Waals surface area (Å²) in [7, 11) is -9.93. The monoisotopic (exact) mass is 955 g/mol. The first kappa shape index (κ1) is 46.1. The highest BCUT2D eigenvalue weighted by molar-refractivity contribution is 7.99. The van der Waals surface area contributed by atoms with Crippen molar-refractivity contribution in [2.24, 2.45) is 0 Å². The summed E-state index contributed by atoms with van der Waals surface area (Å²) in [5, 5.41) is 4.93. The number of nitrogens with one attached hydrogen (secondary N) is 1. The van der Waals surface area contributed by atoms with E-state index in [4.69, 9.17) is 37.0 Å². The first-order valence-corrected chi connectivity index (χ1v) is 24.7. The molecule has 0 spiro atoms. The van der Waals surface area contributed by atoms with Gasteiger partial charge in [-0.15, -0.1) is 23.2 Å². The Morgan fingerprint density at radius 1 is 0.762 bits per heavy atom. The third-order valence-corrected chi connectivity index (χ3v) is 13.1. The molecule has 0 saturated carbocycles. The number of benzene rings is 5. The van der Waals surface area contributed by atoms with E-state index in [1.54, 1.807) is 66.7 Å². The first-order valence-electron chi connectivity index (χ1n) is 19.3. The summed E-state index contributed by atoms with van der Waals surface area (Å²) in [5.74, 6) is -1.40. The molecule has 7 rings (SSSR count). The van der Waals surface area contributed by atoms with Crippen molar-refractivity contribution in [2.75, 3.05) is 52.8 Å². The third-order valence-electron chi connectivity index (χ3n) is 10.6. The van der Waals surface area contributed by atoms with Crippen LogP contribution in [0.5, 0.6) is 11.5 Å². The van der Waals surface area contributed by atoms with E-state index >= 15 is 0 Å². The van der Waals surface area contributed by atoms with Crippen LogP contribution >= 0.6 is 50.6 Å². The van der Waals surface area contributed by atoms with E-state index in [-0.39, 0.29) is 65.7 Å². The van der Waals surface area contributed by atoms with Crippen molar-refractivity contribution in [1.29, 1.82) is 0 Å². The number of fused-ring (bicyclic) bond motifs is 6. The van der Waals surface area contributed by atoms with E-state index in [1.807, 2.05) is 13.2 Å². The number of thioether (sulfide) groups is 1. The molecule has 5 aromatic carbocycles. The summed E-state index contributed by atoms with van der Waals surface area (Å²) in [6, 6.07) is 21.6. The standard InChI is InChI=1S/C43H41Cl2N3O12P2S/c1-25(63-2)24-58-43(51)46-34-17-26(12-15-39(49)47-22-28(20-44)41-32-9-5-3-7-30(32)37(18-35(41)47)59-61(52,53)54)11-13-27(34)14-16-40(50)48-23-29(21-45)42-33-10-6-4-8-31(33)38(19-36(42)48)60-62(55,56)57/h3-19,25,28-29H,20-24H2,1-2H3,(H,46,51)(H2,52,53,54)(H2,55,56,57)/b15-12+,16-14+/t25?,28-,29-/m1/s1. The lowest BCUT2D eigenvalue weighted by atomic mass is 9.95. The molecule has 0 fully saturated rings. The lowest BCUT2D eigenvalue weighted by molar-refractivity contribution is -0.114. The van der Waals surface area contributed by atoms with Crippen LogP contribution < -0.4 is 24.2 Å². The van der Waals surface area contributed by atoms with Crippen molar-refractivity contribution in [3.05, 3.63) is 113 Å². The van der Waals surface area contributed by atoms with E-state index in [9.17, 15) is 43.1 Å². The molecule has 3 atom stereocenters. The highest BCUT2D eigenvalue weighted by atomic mass is 35.5. The van der Waals surface area contributed by atoms with E-state index < -0.39 is 33.6 Å². The zero-order valence-corrected chi connectivity index (χ0v) is 37.7. The summed E-state index contributed by atoms with van der Waals surface area (Å²) in [6.45, 7) is 2.39. The van der Waals surface area contributed by atoms with Crippen molar-refractivity contribution in [2.45, 2.75) is 24.0 Å². The number of carbonyl (C=O) groups is 3. The molecule has 0 saturated heterocycles. The summed E-state index contributed by atoms with van der Waals surface area (Å²) in [4.78, 5) is 82.4. The largest absolute Gasteiger partial charge is 0.524 e. The van der Waals surface area contributed by atoms with Crippen LogP contribution in [0.2, 0.25) is 0 Å². The number of halogens is 2. The van der Waals surface area contributed by atoms with Gasteiger partial charge in [0, 0.05) is 77.0 Å². The fraction of sp³-hybridized carbons (Fsp3) is 0.233. The van der Waals surface area contributed by atoms with Gasteiger partial charge in [0.05, 0.1) is 17.1 Å². The van der Waals surface area contributed by atoms with Crippen molar-refractivity contribution >= 4 is 119 Å². The minimum absolute atomic E-state index is 0.0180. The van der Waals surface area contributed by atoms with Crippen molar-refractivity contribution in [1.82, 2.24) is 0 Å². The number of alkyl halides is 2. The maximum absolute atomic E-state index is 14.0. The Kier molecular flexibility index (Phi) is 14.0. The number of amides is 3. The van der Waals surface area contributed by atoms with Crippen molar-refractivity contribution in [3.8, 4) is 11.5 Å². The molecule has 15 nitrogen and oxygen atoms in total. The van der Waals surface area contributed by atoms with Crippen molar-refractivity contribution in [3.63, 3.8) is 0 Å². The molecule has 0 radical (unpaired) electrons. The maximum atomic E-state index is 14.0. The highest BCUT2D eigenvalue weighted by Gasteiger charge is 2.36. The molecule has 2 heterocycles. The molecule has 330 valence electrons. The van der Waals surface area contributed by atoms with E-state index in [0.717, 1.165) is 11.1 Å². The van der Waals surface area contributed by atoms with Gasteiger partial charge < -0.3 is 23.6 Å². The minimum atomic E-state index is -4.97. The number of phosphoric ester groups is 2. The summed E-state index contributed by atoms with van der Waals surface area (Å²) in [5.41, 5.74) is 3.38. The Balaban J connectivity index is 1.19. The Bertz CT molecular complexity index is 2780. The lowest BCUT2D eigenvalue weighted by Gasteiger charge is -2.18. The van der Waals surface area contributed by atoms with Gasteiger partial charge in [-0.25, -0.2) is 13.9 Å². The normalized spacial score (nSPS) is 16.8. The predicted octanol–water partition coefficient (Wildman–Crippen LogP) is 9.00. The van der Waals surface area contributed by atoms with Gasteiger partial charge in [-0.2, -0.15) is 11.8 Å². The zero-order valence-electron chi connectivity index (χ0n) is 33.6. The number of carbonyl (C=O) groups excluding carboxylic acids is 3. The molecule has 0 bridgehead atoms. The van der Waals surface area contributed by atoms with Gasteiger partial charge in [0.25, 0.3) is 11.8 Å². The first-order chi connectivity index (χ1) is 30.0. The Morgan fingerprint density at radius 2 is 1.24 bits per heavy atom. The molecular weight excluding hydrogens is 915 g/mol. The Hall–Kier alpha value is -4.86. The van der Waals surface area contributed by atoms with E-state index in [1.165, 1.54) is 58.0 Å². The van der Waals surface area contributed by atoms with Crippen LogP contribution in [-0.2, 0) is 23.5 Å². The van der Waals surface area contributed by atoms with Gasteiger partial charge >= 0.3 is 21.7 Å². The van der Waals surface area contributed by atoms with Crippen LogP contribution in [0, 0.1) is 0 Å². The molecule has 20 heteroatoms. The predicted molar refractivity (Wildman–Crippen MR) is 247 cm³/mol. The summed E-state index contributed by atoms with van der Waals surface area (Å²) in [6.07, 6.45) is 6.79.